The fraction of sp³-hybridized carbons (Fsp3) is 0.500. The number of benzene rings is 1. The summed E-state index contributed by atoms with van der Waals surface area (Å²) in [5.41, 5.74) is 1.25. The minimum Gasteiger partial charge on any atom is -0.486 e. The number of nitrogens with one attached hydrogen (secondary N) is 1. The van der Waals surface area contributed by atoms with Crippen molar-refractivity contribution in [1.29, 1.82) is 0 Å². The van der Waals surface area contributed by atoms with Gasteiger partial charge < -0.3 is 10.1 Å². The number of ether oxygens (including phenoxy) is 1. The lowest BCUT2D eigenvalue weighted by Gasteiger charge is -2.24. The molecular formula is C12H17NO. The molecule has 14 heavy (non-hydrogen) atoms. The molecule has 2 rings (SSSR count). The second kappa shape index (κ2) is 3.62. The van der Waals surface area contributed by atoms with Crippen molar-refractivity contribution in [3.63, 3.8) is 0 Å². The average molecular weight is 191 g/mol. The van der Waals surface area contributed by atoms with Crippen molar-refractivity contribution in [2.75, 3.05) is 13.1 Å². The summed E-state index contributed by atoms with van der Waals surface area (Å²) in [6, 6.07) is 8.25. The summed E-state index contributed by atoms with van der Waals surface area (Å²) < 4.78 is 5.96. The molecule has 1 aromatic rings. The van der Waals surface area contributed by atoms with Crippen molar-refractivity contribution in [3.8, 4) is 5.75 Å². The molecule has 0 radical (unpaired) electrons. The molecule has 1 aromatic carbocycles. The summed E-state index contributed by atoms with van der Waals surface area (Å²) in [7, 11) is 0. The number of rotatable bonds is 2. The molecule has 0 aromatic heterocycles. The Morgan fingerprint density at radius 1 is 1.29 bits per heavy atom. The Morgan fingerprint density at radius 2 is 2.00 bits per heavy atom. The molecule has 2 heteroatoms. The highest BCUT2D eigenvalue weighted by molar-refractivity contribution is 5.27. The predicted octanol–water partition coefficient (Wildman–Crippen LogP) is 2.13. The van der Waals surface area contributed by atoms with Gasteiger partial charge in [-0.3, -0.25) is 0 Å². The minimum absolute atomic E-state index is 0.0186. The smallest absolute Gasteiger partial charge is 0.120 e. The minimum atomic E-state index is -0.0186. The van der Waals surface area contributed by atoms with Crippen LogP contribution in [0.25, 0.3) is 0 Å². The zero-order valence-electron chi connectivity index (χ0n) is 8.84. The molecule has 1 unspecified atom stereocenters. The van der Waals surface area contributed by atoms with E-state index in [0.717, 1.165) is 25.3 Å². The Labute approximate surface area is 85.3 Å². The van der Waals surface area contributed by atoms with Crippen LogP contribution in [-0.4, -0.2) is 18.7 Å². The van der Waals surface area contributed by atoms with E-state index >= 15 is 0 Å². The topological polar surface area (TPSA) is 21.3 Å². The van der Waals surface area contributed by atoms with Crippen LogP contribution in [0.15, 0.2) is 24.3 Å². The van der Waals surface area contributed by atoms with Crippen LogP contribution in [-0.2, 0) is 0 Å². The summed E-state index contributed by atoms with van der Waals surface area (Å²) in [5, 5.41) is 3.32. The Balaban J connectivity index is 2.06. The number of hydrogen-bond acceptors (Lipinski definition) is 2. The van der Waals surface area contributed by atoms with Crippen LogP contribution in [0.5, 0.6) is 5.75 Å². The molecule has 2 nitrogen and oxygen atoms in total. The first kappa shape index (κ1) is 9.53. The zero-order valence-corrected chi connectivity index (χ0v) is 8.84. The van der Waals surface area contributed by atoms with Gasteiger partial charge in [-0.05, 0) is 32.5 Å². The molecule has 1 atom stereocenters. The normalized spacial score (nSPS) is 26.4. The second-order valence-electron chi connectivity index (χ2n) is 4.29. The lowest BCUT2D eigenvalue weighted by molar-refractivity contribution is 0.111. The average Bonchev–Trinajstić information content (AvgIpc) is 2.57. The quantitative estimate of drug-likeness (QED) is 0.773. The van der Waals surface area contributed by atoms with Crippen LogP contribution in [0, 0.1) is 6.92 Å². The van der Waals surface area contributed by atoms with Gasteiger partial charge in [0.1, 0.15) is 11.4 Å². The molecule has 1 aliphatic heterocycles. The third-order valence-electron chi connectivity index (χ3n) is 2.71. The highest BCUT2D eigenvalue weighted by Crippen LogP contribution is 2.23. The van der Waals surface area contributed by atoms with Gasteiger partial charge in [-0.25, -0.2) is 0 Å². The summed E-state index contributed by atoms with van der Waals surface area (Å²) in [4.78, 5) is 0. The molecule has 1 aliphatic rings. The zero-order chi connectivity index (χ0) is 10.0. The van der Waals surface area contributed by atoms with Crippen molar-refractivity contribution >= 4 is 0 Å². The molecule has 76 valence electrons. The SMILES string of the molecule is Cc1ccc(OC2(C)CCNC2)cc1. The van der Waals surface area contributed by atoms with E-state index in [9.17, 15) is 0 Å². The van der Waals surface area contributed by atoms with Crippen molar-refractivity contribution in [2.24, 2.45) is 0 Å². The van der Waals surface area contributed by atoms with E-state index in [2.05, 4.69) is 31.3 Å². The molecule has 1 fully saturated rings. The summed E-state index contributed by atoms with van der Waals surface area (Å²) in [6.45, 7) is 6.25. The van der Waals surface area contributed by atoms with Crippen LogP contribution in [0.1, 0.15) is 18.9 Å². The molecule has 1 N–H and O–H groups in total. The van der Waals surface area contributed by atoms with E-state index in [-0.39, 0.29) is 5.60 Å². The molecule has 0 aliphatic carbocycles. The van der Waals surface area contributed by atoms with E-state index in [1.807, 2.05) is 12.1 Å². The Bertz CT molecular complexity index is 299. The van der Waals surface area contributed by atoms with Crippen LogP contribution >= 0.6 is 0 Å². The van der Waals surface area contributed by atoms with E-state index < -0.39 is 0 Å². The molecule has 0 saturated carbocycles. The van der Waals surface area contributed by atoms with Gasteiger partial charge in [0.05, 0.1) is 0 Å². The van der Waals surface area contributed by atoms with Crippen LogP contribution in [0.2, 0.25) is 0 Å². The molecule has 1 heterocycles. The number of hydrogen-bond donors (Lipinski definition) is 1. The van der Waals surface area contributed by atoms with Gasteiger partial charge in [0.15, 0.2) is 0 Å². The first-order chi connectivity index (χ1) is 6.68. The Morgan fingerprint density at radius 3 is 2.57 bits per heavy atom. The standard InChI is InChI=1S/C12H17NO/c1-10-3-5-11(6-4-10)14-12(2)7-8-13-9-12/h3-6,13H,7-9H2,1-2H3. The predicted molar refractivity (Wildman–Crippen MR) is 57.7 cm³/mol. The monoisotopic (exact) mass is 191 g/mol. The van der Waals surface area contributed by atoms with Crippen molar-refractivity contribution in [2.45, 2.75) is 25.9 Å². The van der Waals surface area contributed by atoms with Crippen molar-refractivity contribution in [3.05, 3.63) is 29.8 Å². The van der Waals surface area contributed by atoms with E-state index in [0.29, 0.717) is 0 Å². The third kappa shape index (κ3) is 2.07. The highest BCUT2D eigenvalue weighted by atomic mass is 16.5. The highest BCUT2D eigenvalue weighted by Gasteiger charge is 2.30. The van der Waals surface area contributed by atoms with E-state index in [4.69, 9.17) is 4.74 Å². The maximum absolute atomic E-state index is 5.96. The Kier molecular flexibility index (Phi) is 2.46. The van der Waals surface area contributed by atoms with Crippen LogP contribution in [0.3, 0.4) is 0 Å². The molecule has 0 spiro atoms. The number of aryl methyl sites for hydroxylation is 1. The van der Waals surface area contributed by atoms with E-state index in [1.165, 1.54) is 5.56 Å². The first-order valence-electron chi connectivity index (χ1n) is 5.14. The van der Waals surface area contributed by atoms with Gasteiger partial charge in [-0.15, -0.1) is 0 Å². The molecule has 0 amide bonds. The molecular weight excluding hydrogens is 174 g/mol. The first-order valence-corrected chi connectivity index (χ1v) is 5.14. The van der Waals surface area contributed by atoms with Gasteiger partial charge in [-0.2, -0.15) is 0 Å². The maximum Gasteiger partial charge on any atom is 0.120 e. The van der Waals surface area contributed by atoms with Gasteiger partial charge in [-0.1, -0.05) is 17.7 Å². The van der Waals surface area contributed by atoms with Crippen LogP contribution < -0.4 is 10.1 Å². The van der Waals surface area contributed by atoms with Gasteiger partial charge in [0.2, 0.25) is 0 Å². The summed E-state index contributed by atoms with van der Waals surface area (Å²) in [5.74, 6) is 0.974. The summed E-state index contributed by atoms with van der Waals surface area (Å²) >= 11 is 0. The fourth-order valence-electron chi connectivity index (χ4n) is 1.77. The van der Waals surface area contributed by atoms with Gasteiger partial charge in [0, 0.05) is 13.0 Å². The van der Waals surface area contributed by atoms with Gasteiger partial charge >= 0.3 is 0 Å². The molecule has 0 bridgehead atoms. The van der Waals surface area contributed by atoms with Crippen molar-refractivity contribution in [1.82, 2.24) is 5.32 Å². The largest absolute Gasteiger partial charge is 0.486 e. The maximum atomic E-state index is 5.96. The summed E-state index contributed by atoms with van der Waals surface area (Å²) in [6.07, 6.45) is 1.08. The van der Waals surface area contributed by atoms with Crippen LogP contribution in [0.4, 0.5) is 0 Å². The third-order valence-corrected chi connectivity index (χ3v) is 2.71. The second-order valence-corrected chi connectivity index (χ2v) is 4.29. The van der Waals surface area contributed by atoms with Gasteiger partial charge in [0.25, 0.3) is 0 Å². The Hall–Kier alpha value is -1.02. The van der Waals surface area contributed by atoms with E-state index in [1.54, 1.807) is 0 Å². The lowest BCUT2D eigenvalue weighted by atomic mass is 10.1. The lowest BCUT2D eigenvalue weighted by Crippen LogP contribution is -2.34. The molecule has 1 saturated heterocycles. The fourth-order valence-corrected chi connectivity index (χ4v) is 1.77. The van der Waals surface area contributed by atoms with Crippen molar-refractivity contribution < 1.29 is 4.74 Å².